The van der Waals surface area contributed by atoms with E-state index in [2.05, 4.69) is 0 Å². The molecule has 0 fully saturated rings. The Bertz CT molecular complexity index is 286. The normalized spacial score (nSPS) is 11.3. The van der Waals surface area contributed by atoms with E-state index >= 15 is 0 Å². The summed E-state index contributed by atoms with van der Waals surface area (Å²) >= 11 is 0. The first kappa shape index (κ1) is 17.0. The maximum atomic E-state index is 11.7. The molecule has 0 aromatic heterocycles. The molecule has 4 heteroatoms. The molecule has 0 aromatic carbocycles. The second-order valence-corrected chi connectivity index (χ2v) is 5.28. The Morgan fingerprint density at radius 1 is 0.833 bits per heavy atom. The summed E-state index contributed by atoms with van der Waals surface area (Å²) in [6.45, 7) is 9.64. The van der Waals surface area contributed by atoms with E-state index in [4.69, 9.17) is 0 Å². The molecule has 0 N–H and O–H groups in total. The van der Waals surface area contributed by atoms with E-state index in [9.17, 15) is 14.4 Å². The summed E-state index contributed by atoms with van der Waals surface area (Å²) in [4.78, 5) is 36.5. The van der Waals surface area contributed by atoms with Gasteiger partial charge in [0.2, 0.25) is 0 Å². The average molecular weight is 255 g/mol. The van der Waals surface area contributed by atoms with Crippen molar-refractivity contribution in [3.63, 3.8) is 0 Å². The van der Waals surface area contributed by atoms with Gasteiger partial charge >= 0.3 is 0 Å². The van der Waals surface area contributed by atoms with Crippen LogP contribution in [0.1, 0.15) is 41.0 Å². The number of hydrogen-bond acceptors (Lipinski definition) is 4. The topological polar surface area (TPSA) is 54.5 Å². The fraction of sp³-hybridized carbons (Fsp3) is 0.786. The van der Waals surface area contributed by atoms with Gasteiger partial charge in [-0.3, -0.25) is 19.3 Å². The monoisotopic (exact) mass is 255 g/mol. The summed E-state index contributed by atoms with van der Waals surface area (Å²) in [5.41, 5.74) is 0. The fourth-order valence-electron chi connectivity index (χ4n) is 1.33. The van der Waals surface area contributed by atoms with Crippen molar-refractivity contribution in [2.24, 2.45) is 11.8 Å². The van der Waals surface area contributed by atoms with E-state index in [-0.39, 0.29) is 48.8 Å². The maximum Gasteiger partial charge on any atom is 0.149 e. The SMILES string of the molecule is CCC(=O)CN(CC(=O)C(C)C)CC(=O)C(C)C. The lowest BCUT2D eigenvalue weighted by Crippen LogP contribution is -2.40. The maximum absolute atomic E-state index is 11.7. The minimum Gasteiger partial charge on any atom is -0.298 e. The van der Waals surface area contributed by atoms with Crippen LogP contribution >= 0.6 is 0 Å². The lowest BCUT2D eigenvalue weighted by atomic mass is 10.1. The van der Waals surface area contributed by atoms with Crippen molar-refractivity contribution >= 4 is 17.3 Å². The van der Waals surface area contributed by atoms with Crippen LogP contribution in [0.3, 0.4) is 0 Å². The molecular weight excluding hydrogens is 230 g/mol. The molecule has 0 bridgehead atoms. The largest absolute Gasteiger partial charge is 0.298 e. The summed E-state index contributed by atoms with van der Waals surface area (Å²) in [5.74, 6) is 0.0470. The summed E-state index contributed by atoms with van der Waals surface area (Å²) in [7, 11) is 0. The molecule has 0 aromatic rings. The van der Waals surface area contributed by atoms with Gasteiger partial charge in [-0.25, -0.2) is 0 Å². The molecule has 0 saturated carbocycles. The van der Waals surface area contributed by atoms with E-state index in [1.165, 1.54) is 0 Å². The van der Waals surface area contributed by atoms with Gasteiger partial charge in [-0.2, -0.15) is 0 Å². The van der Waals surface area contributed by atoms with Gasteiger partial charge in [0.25, 0.3) is 0 Å². The molecule has 0 unspecified atom stereocenters. The summed E-state index contributed by atoms with van der Waals surface area (Å²) in [5, 5.41) is 0. The molecule has 0 aliphatic rings. The van der Waals surface area contributed by atoms with Gasteiger partial charge in [0.15, 0.2) is 0 Å². The molecule has 0 amide bonds. The number of hydrogen-bond donors (Lipinski definition) is 0. The van der Waals surface area contributed by atoms with Crippen molar-refractivity contribution in [3.8, 4) is 0 Å². The third-order valence-corrected chi connectivity index (χ3v) is 2.84. The number of carbonyl (C=O) groups excluding carboxylic acids is 3. The van der Waals surface area contributed by atoms with E-state index in [1.807, 2.05) is 27.7 Å². The van der Waals surface area contributed by atoms with Crippen LogP contribution in [0.2, 0.25) is 0 Å². The number of carbonyl (C=O) groups is 3. The summed E-state index contributed by atoms with van der Waals surface area (Å²) < 4.78 is 0. The highest BCUT2D eigenvalue weighted by Gasteiger charge is 2.19. The molecule has 0 radical (unpaired) electrons. The van der Waals surface area contributed by atoms with Crippen molar-refractivity contribution < 1.29 is 14.4 Å². The molecule has 0 spiro atoms. The van der Waals surface area contributed by atoms with Gasteiger partial charge in [-0.1, -0.05) is 34.6 Å². The van der Waals surface area contributed by atoms with E-state index in [0.717, 1.165) is 0 Å². The van der Waals surface area contributed by atoms with Crippen molar-refractivity contribution in [3.05, 3.63) is 0 Å². The van der Waals surface area contributed by atoms with Crippen LogP contribution in [0, 0.1) is 11.8 Å². The molecule has 18 heavy (non-hydrogen) atoms. The zero-order valence-electron chi connectivity index (χ0n) is 12.2. The molecule has 0 saturated heterocycles. The first-order valence-electron chi connectivity index (χ1n) is 6.57. The van der Waals surface area contributed by atoms with Crippen LogP contribution in [0.15, 0.2) is 0 Å². The van der Waals surface area contributed by atoms with Gasteiger partial charge in [0.05, 0.1) is 19.6 Å². The Morgan fingerprint density at radius 2 is 1.22 bits per heavy atom. The van der Waals surface area contributed by atoms with Crippen LogP contribution in [0.5, 0.6) is 0 Å². The van der Waals surface area contributed by atoms with Crippen molar-refractivity contribution in [1.29, 1.82) is 0 Å². The Balaban J connectivity index is 4.56. The quantitative estimate of drug-likeness (QED) is 0.629. The molecule has 104 valence electrons. The second kappa shape index (κ2) is 8.14. The van der Waals surface area contributed by atoms with Gasteiger partial charge in [-0.15, -0.1) is 0 Å². The Kier molecular flexibility index (Phi) is 7.67. The first-order valence-corrected chi connectivity index (χ1v) is 6.57. The Hall–Kier alpha value is -1.03. The zero-order chi connectivity index (χ0) is 14.3. The van der Waals surface area contributed by atoms with Crippen LogP contribution < -0.4 is 0 Å². The van der Waals surface area contributed by atoms with Gasteiger partial charge < -0.3 is 0 Å². The van der Waals surface area contributed by atoms with Crippen LogP contribution in [-0.4, -0.2) is 41.9 Å². The molecule has 0 heterocycles. The standard InChI is InChI=1S/C14H25NO3/c1-6-12(16)7-15(8-13(17)10(2)3)9-14(18)11(4)5/h10-11H,6-9H2,1-5H3. The lowest BCUT2D eigenvalue weighted by molar-refractivity contribution is -0.127. The van der Waals surface area contributed by atoms with Crippen LogP contribution in [0.4, 0.5) is 0 Å². The van der Waals surface area contributed by atoms with E-state index in [1.54, 1.807) is 11.8 Å². The summed E-state index contributed by atoms with van der Waals surface area (Å²) in [6.07, 6.45) is 0.433. The highest BCUT2D eigenvalue weighted by Crippen LogP contribution is 2.02. The van der Waals surface area contributed by atoms with Crippen molar-refractivity contribution in [2.45, 2.75) is 41.0 Å². The average Bonchev–Trinajstić information content (AvgIpc) is 2.27. The third kappa shape index (κ3) is 6.64. The Morgan fingerprint density at radius 3 is 1.50 bits per heavy atom. The van der Waals surface area contributed by atoms with Crippen molar-refractivity contribution in [1.82, 2.24) is 4.90 Å². The first-order chi connectivity index (χ1) is 8.27. The number of rotatable bonds is 9. The third-order valence-electron chi connectivity index (χ3n) is 2.84. The molecule has 0 rings (SSSR count). The number of ketones is 3. The lowest BCUT2D eigenvalue weighted by Gasteiger charge is -2.21. The molecule has 0 aliphatic carbocycles. The molecule has 0 atom stereocenters. The fourth-order valence-corrected chi connectivity index (χ4v) is 1.33. The molecule has 0 aliphatic heterocycles. The minimum atomic E-state index is -0.0709. The van der Waals surface area contributed by atoms with E-state index in [0.29, 0.717) is 6.42 Å². The summed E-state index contributed by atoms with van der Waals surface area (Å²) in [6, 6.07) is 0. The highest BCUT2D eigenvalue weighted by molar-refractivity contribution is 5.87. The van der Waals surface area contributed by atoms with Gasteiger partial charge in [-0.05, 0) is 0 Å². The van der Waals surface area contributed by atoms with Crippen LogP contribution in [-0.2, 0) is 14.4 Å². The Labute approximate surface area is 110 Å². The van der Waals surface area contributed by atoms with E-state index < -0.39 is 0 Å². The predicted octanol–water partition coefficient (Wildman–Crippen LogP) is 1.72. The molecule has 4 nitrogen and oxygen atoms in total. The predicted molar refractivity (Wildman–Crippen MR) is 71.4 cm³/mol. The van der Waals surface area contributed by atoms with Gasteiger partial charge in [0.1, 0.15) is 17.3 Å². The number of Topliss-reactive ketones (excluding diaryl/α,β-unsaturated/α-hetero) is 3. The zero-order valence-corrected chi connectivity index (χ0v) is 12.2. The highest BCUT2D eigenvalue weighted by atomic mass is 16.1. The van der Waals surface area contributed by atoms with Crippen LogP contribution in [0.25, 0.3) is 0 Å². The number of nitrogens with zero attached hydrogens (tertiary/aromatic N) is 1. The smallest absolute Gasteiger partial charge is 0.149 e. The van der Waals surface area contributed by atoms with Crippen molar-refractivity contribution in [2.75, 3.05) is 19.6 Å². The second-order valence-electron chi connectivity index (χ2n) is 5.28. The van der Waals surface area contributed by atoms with Gasteiger partial charge in [0, 0.05) is 18.3 Å². The minimum absolute atomic E-state index is 0.0584. The molecular formula is C14H25NO3.